The highest BCUT2D eigenvalue weighted by molar-refractivity contribution is 9.10. The van der Waals surface area contributed by atoms with E-state index in [-0.39, 0.29) is 11.9 Å². The monoisotopic (exact) mass is 484 g/mol. The van der Waals surface area contributed by atoms with Crippen LogP contribution in [0.5, 0.6) is 5.75 Å². The number of ether oxygens (including phenoxy) is 1. The average molecular weight is 485 g/mol. The smallest absolute Gasteiger partial charge is 0.227 e. The van der Waals surface area contributed by atoms with Gasteiger partial charge in [0.25, 0.3) is 0 Å². The summed E-state index contributed by atoms with van der Waals surface area (Å²) in [6, 6.07) is 15.8. The zero-order chi connectivity index (χ0) is 22.4. The molecule has 0 spiro atoms. The molecule has 1 atom stereocenters. The Morgan fingerprint density at radius 3 is 2.48 bits per heavy atom. The van der Waals surface area contributed by atoms with Crippen LogP contribution in [0.2, 0.25) is 0 Å². The lowest BCUT2D eigenvalue weighted by atomic mass is 10.0. The fourth-order valence-corrected chi connectivity index (χ4v) is 4.22. The first-order valence-electron chi connectivity index (χ1n) is 10.6. The van der Waals surface area contributed by atoms with E-state index in [9.17, 15) is 4.79 Å². The third kappa shape index (κ3) is 5.76. The number of hydrogen-bond acceptors (Lipinski definition) is 4. The number of carbonyl (C=O) groups excluding carboxylic acids is 1. The zero-order valence-electron chi connectivity index (χ0n) is 18.5. The van der Waals surface area contributed by atoms with Crippen molar-refractivity contribution in [2.24, 2.45) is 0 Å². The predicted octanol–water partition coefficient (Wildman–Crippen LogP) is 6.18. The maximum atomic E-state index is 13.1. The third-order valence-electron chi connectivity index (χ3n) is 5.45. The van der Waals surface area contributed by atoms with Crippen LogP contribution < -0.4 is 4.74 Å². The van der Waals surface area contributed by atoms with Crippen molar-refractivity contribution < 1.29 is 14.1 Å². The number of amides is 1. The van der Waals surface area contributed by atoms with E-state index in [1.54, 1.807) is 0 Å². The lowest BCUT2D eigenvalue weighted by Crippen LogP contribution is -2.35. The second-order valence-electron chi connectivity index (χ2n) is 7.70. The van der Waals surface area contributed by atoms with E-state index in [2.05, 4.69) is 41.0 Å². The fraction of sp³-hybridized carbons (Fsp3) is 0.360. The molecule has 1 aromatic heterocycles. The van der Waals surface area contributed by atoms with Crippen LogP contribution in [0.15, 0.2) is 57.5 Å². The van der Waals surface area contributed by atoms with Gasteiger partial charge in [0.2, 0.25) is 5.91 Å². The minimum atomic E-state index is 0.000630. The first kappa shape index (κ1) is 23.1. The molecule has 6 heteroatoms. The quantitative estimate of drug-likeness (QED) is 0.364. The van der Waals surface area contributed by atoms with Crippen LogP contribution in [0.3, 0.4) is 0 Å². The van der Waals surface area contributed by atoms with Gasteiger partial charge in [-0.2, -0.15) is 0 Å². The summed E-state index contributed by atoms with van der Waals surface area (Å²) in [5, 5.41) is 3.95. The summed E-state index contributed by atoms with van der Waals surface area (Å²) in [5.74, 6) is 1.65. The minimum Gasteiger partial charge on any atom is -0.489 e. The predicted molar refractivity (Wildman–Crippen MR) is 125 cm³/mol. The maximum absolute atomic E-state index is 13.1. The van der Waals surface area contributed by atoms with E-state index in [1.165, 1.54) is 0 Å². The van der Waals surface area contributed by atoms with Gasteiger partial charge in [-0.15, -0.1) is 0 Å². The molecule has 0 fully saturated rings. The summed E-state index contributed by atoms with van der Waals surface area (Å²) in [5.41, 5.74) is 3.90. The second kappa shape index (κ2) is 10.6. The first-order chi connectivity index (χ1) is 14.9. The average Bonchev–Trinajstić information content (AvgIpc) is 3.08. The lowest BCUT2D eigenvalue weighted by Gasteiger charge is -2.30. The Kier molecular flexibility index (Phi) is 7.91. The molecule has 0 aliphatic heterocycles. The van der Waals surface area contributed by atoms with E-state index in [0.29, 0.717) is 13.0 Å². The van der Waals surface area contributed by atoms with Gasteiger partial charge in [0.15, 0.2) is 0 Å². The Morgan fingerprint density at radius 2 is 1.87 bits per heavy atom. The SMILES string of the molecule is CCCN(C(=O)Cc1ccc(OCc2c(C)noc2C)cc1)C(C)c1ccccc1Br. The van der Waals surface area contributed by atoms with Gasteiger partial charge < -0.3 is 14.2 Å². The molecule has 0 aliphatic rings. The zero-order valence-corrected chi connectivity index (χ0v) is 20.1. The van der Waals surface area contributed by atoms with Crippen molar-refractivity contribution in [1.29, 1.82) is 0 Å². The van der Waals surface area contributed by atoms with Gasteiger partial charge >= 0.3 is 0 Å². The molecule has 0 saturated carbocycles. The van der Waals surface area contributed by atoms with Crippen LogP contribution in [0, 0.1) is 13.8 Å². The number of nitrogens with zero attached hydrogens (tertiary/aromatic N) is 2. The van der Waals surface area contributed by atoms with Crippen LogP contribution >= 0.6 is 15.9 Å². The number of rotatable bonds is 9. The van der Waals surface area contributed by atoms with Crippen LogP contribution in [-0.4, -0.2) is 22.5 Å². The molecular formula is C25H29BrN2O3. The Labute approximate surface area is 192 Å². The van der Waals surface area contributed by atoms with Gasteiger partial charge in [0.1, 0.15) is 18.1 Å². The van der Waals surface area contributed by atoms with Crippen LogP contribution in [-0.2, 0) is 17.8 Å². The summed E-state index contributed by atoms with van der Waals surface area (Å²) in [4.78, 5) is 15.1. The normalized spacial score (nSPS) is 11.9. The van der Waals surface area contributed by atoms with E-state index < -0.39 is 0 Å². The van der Waals surface area contributed by atoms with Gasteiger partial charge in [-0.25, -0.2) is 0 Å². The summed E-state index contributed by atoms with van der Waals surface area (Å²) >= 11 is 3.62. The molecule has 2 aromatic carbocycles. The summed E-state index contributed by atoms with van der Waals surface area (Å²) in [6.07, 6.45) is 1.27. The van der Waals surface area contributed by atoms with Gasteiger partial charge in [-0.05, 0) is 56.5 Å². The van der Waals surface area contributed by atoms with Crippen molar-refractivity contribution in [2.75, 3.05) is 6.54 Å². The topological polar surface area (TPSA) is 55.6 Å². The van der Waals surface area contributed by atoms with E-state index >= 15 is 0 Å². The molecule has 0 aliphatic carbocycles. The largest absolute Gasteiger partial charge is 0.489 e. The lowest BCUT2D eigenvalue weighted by molar-refractivity contribution is -0.132. The molecule has 0 N–H and O–H groups in total. The Morgan fingerprint density at radius 1 is 1.16 bits per heavy atom. The van der Waals surface area contributed by atoms with Gasteiger partial charge in [-0.3, -0.25) is 4.79 Å². The number of halogens is 1. The summed E-state index contributed by atoms with van der Waals surface area (Å²) in [7, 11) is 0. The molecule has 5 nitrogen and oxygen atoms in total. The Balaban J connectivity index is 1.64. The molecule has 1 amide bonds. The maximum Gasteiger partial charge on any atom is 0.227 e. The molecule has 3 rings (SSSR count). The van der Waals surface area contributed by atoms with Crippen molar-refractivity contribution in [3.8, 4) is 5.75 Å². The highest BCUT2D eigenvalue weighted by Gasteiger charge is 2.22. The van der Waals surface area contributed by atoms with Crippen molar-refractivity contribution >= 4 is 21.8 Å². The van der Waals surface area contributed by atoms with Crippen molar-refractivity contribution in [1.82, 2.24) is 10.1 Å². The van der Waals surface area contributed by atoms with Gasteiger partial charge in [0, 0.05) is 11.0 Å². The molecule has 1 heterocycles. The first-order valence-corrected chi connectivity index (χ1v) is 11.4. The van der Waals surface area contributed by atoms with Crippen molar-refractivity contribution in [2.45, 2.75) is 53.2 Å². The Hall–Kier alpha value is -2.60. The third-order valence-corrected chi connectivity index (χ3v) is 6.17. The molecule has 164 valence electrons. The molecule has 3 aromatic rings. The van der Waals surface area contributed by atoms with Crippen molar-refractivity contribution in [3.05, 3.63) is 81.1 Å². The summed E-state index contributed by atoms with van der Waals surface area (Å²) < 4.78 is 12.1. The minimum absolute atomic E-state index is 0.000630. The fourth-order valence-electron chi connectivity index (χ4n) is 3.60. The number of hydrogen-bond donors (Lipinski definition) is 0. The molecule has 1 unspecified atom stereocenters. The molecular weight excluding hydrogens is 456 g/mol. The van der Waals surface area contributed by atoms with E-state index in [1.807, 2.05) is 61.2 Å². The van der Waals surface area contributed by atoms with Crippen LogP contribution in [0.4, 0.5) is 0 Å². The van der Waals surface area contributed by atoms with Crippen molar-refractivity contribution in [3.63, 3.8) is 0 Å². The molecule has 31 heavy (non-hydrogen) atoms. The number of aromatic nitrogens is 1. The highest BCUT2D eigenvalue weighted by atomic mass is 79.9. The van der Waals surface area contributed by atoms with E-state index in [4.69, 9.17) is 9.26 Å². The number of aryl methyl sites for hydroxylation is 2. The second-order valence-corrected chi connectivity index (χ2v) is 8.55. The molecule has 0 bridgehead atoms. The van der Waals surface area contributed by atoms with Crippen LogP contribution in [0.25, 0.3) is 0 Å². The Bertz CT molecular complexity index is 994. The summed E-state index contributed by atoms with van der Waals surface area (Å²) in [6.45, 7) is 9.09. The molecule has 0 saturated heterocycles. The van der Waals surface area contributed by atoms with Crippen LogP contribution in [0.1, 0.15) is 54.5 Å². The molecule has 0 radical (unpaired) electrons. The van der Waals surface area contributed by atoms with Gasteiger partial charge in [0.05, 0.1) is 23.7 Å². The highest BCUT2D eigenvalue weighted by Crippen LogP contribution is 2.28. The number of carbonyl (C=O) groups is 1. The van der Waals surface area contributed by atoms with E-state index in [0.717, 1.165) is 51.3 Å². The standard InChI is InChI=1S/C25H29BrN2O3/c1-5-14-28(18(3)22-8-6-7-9-24(22)26)25(29)15-20-10-12-21(13-11-20)30-16-23-17(2)27-31-19(23)4/h6-13,18H,5,14-16H2,1-4H3. The number of benzene rings is 2. The van der Waals surface area contributed by atoms with Gasteiger partial charge in [-0.1, -0.05) is 58.3 Å².